The predicted molar refractivity (Wildman–Crippen MR) is 207 cm³/mol. The number of benzene rings is 1. The van der Waals surface area contributed by atoms with Gasteiger partial charge in [-0.25, -0.2) is 4.98 Å². The number of carbonyl (C=O) groups is 4. The van der Waals surface area contributed by atoms with Gasteiger partial charge in [0.25, 0.3) is 5.91 Å². The second-order valence-electron chi connectivity index (χ2n) is 14.9. The van der Waals surface area contributed by atoms with E-state index in [4.69, 9.17) is 17.5 Å². The van der Waals surface area contributed by atoms with Crippen LogP contribution in [0.3, 0.4) is 0 Å². The molecule has 4 amide bonds. The molecule has 1 atom stereocenters. The molecule has 0 bridgehead atoms. The van der Waals surface area contributed by atoms with E-state index in [1.807, 2.05) is 29.2 Å². The molecule has 316 valence electrons. The minimum Gasteiger partial charge on any atom is -0.331 e. The van der Waals surface area contributed by atoms with Crippen molar-refractivity contribution in [2.45, 2.75) is 102 Å². The van der Waals surface area contributed by atoms with Gasteiger partial charge in [0.15, 0.2) is 10.8 Å². The predicted octanol–water partition coefficient (Wildman–Crippen LogP) is 6.37. The first-order valence-electron chi connectivity index (χ1n) is 19.1. The normalized spacial score (nSPS) is 20.5. The number of aromatic nitrogens is 1. The Morgan fingerprint density at radius 1 is 1.02 bits per heavy atom. The van der Waals surface area contributed by atoms with Crippen LogP contribution in [0.15, 0.2) is 36.5 Å². The Balaban J connectivity index is 0.000000235. The number of amides is 4. The molecular formula is C39H48F6N8O4S. The number of nitrogens with zero attached hydrogens (tertiary/aromatic N) is 6. The zero-order valence-electron chi connectivity index (χ0n) is 32.6. The Labute approximate surface area is 338 Å². The van der Waals surface area contributed by atoms with Gasteiger partial charge in [0, 0.05) is 44.3 Å². The molecule has 58 heavy (non-hydrogen) atoms. The Bertz CT molecular complexity index is 1820. The van der Waals surface area contributed by atoms with Gasteiger partial charge in [-0.05, 0) is 82.1 Å². The zero-order valence-corrected chi connectivity index (χ0v) is 33.4. The van der Waals surface area contributed by atoms with Gasteiger partial charge < -0.3 is 15.1 Å². The van der Waals surface area contributed by atoms with Crippen molar-refractivity contribution in [1.82, 2.24) is 25.0 Å². The number of imide groups is 1. The molecule has 4 heterocycles. The Kier molecular flexibility index (Phi) is 16.1. The van der Waals surface area contributed by atoms with Gasteiger partial charge in [-0.3, -0.25) is 34.3 Å². The van der Waals surface area contributed by atoms with Gasteiger partial charge >= 0.3 is 12.9 Å². The summed E-state index contributed by atoms with van der Waals surface area (Å²) in [4.78, 5) is 59.7. The van der Waals surface area contributed by atoms with Crippen LogP contribution in [0.5, 0.6) is 0 Å². The highest BCUT2D eigenvalue weighted by Crippen LogP contribution is 2.40. The van der Waals surface area contributed by atoms with Crippen molar-refractivity contribution >= 4 is 52.3 Å². The molecule has 2 aromatic rings. The number of piperidine rings is 1. The molecule has 0 spiro atoms. The summed E-state index contributed by atoms with van der Waals surface area (Å²) in [5.74, 6) is -1.17. The van der Waals surface area contributed by atoms with E-state index in [9.17, 15) is 45.5 Å². The van der Waals surface area contributed by atoms with Gasteiger partial charge in [0.05, 0.1) is 29.9 Å². The van der Waals surface area contributed by atoms with Crippen LogP contribution in [0, 0.1) is 11.3 Å². The number of hydrogen-bond donors (Lipinski definition) is 2. The minimum atomic E-state index is -4.75. The molecule has 0 radical (unpaired) electrons. The molecule has 6 rings (SSSR count). The third kappa shape index (κ3) is 11.9. The quantitative estimate of drug-likeness (QED) is 0.175. The number of carbonyl (C=O) groups excluding carboxylic acids is 4. The van der Waals surface area contributed by atoms with Crippen LogP contribution < -0.4 is 15.5 Å². The fourth-order valence-electron chi connectivity index (χ4n) is 7.57. The van der Waals surface area contributed by atoms with E-state index in [0.29, 0.717) is 19.4 Å². The summed E-state index contributed by atoms with van der Waals surface area (Å²) in [5.41, 5.74) is -1.33. The van der Waals surface area contributed by atoms with Gasteiger partial charge in [0.2, 0.25) is 17.7 Å². The van der Waals surface area contributed by atoms with E-state index in [-0.39, 0.29) is 40.5 Å². The number of pyridine rings is 1. The molecule has 4 aliphatic rings. The third-order valence-corrected chi connectivity index (χ3v) is 10.8. The molecule has 19 heteroatoms. The highest BCUT2D eigenvalue weighted by molar-refractivity contribution is 7.80. The maximum atomic E-state index is 13.3. The smallest absolute Gasteiger partial charge is 0.331 e. The molecule has 3 aliphatic heterocycles. The molecule has 4 fully saturated rings. The Morgan fingerprint density at radius 3 is 2.17 bits per heavy atom. The van der Waals surface area contributed by atoms with Crippen molar-refractivity contribution < 1.29 is 45.5 Å². The number of nitrogens with one attached hydrogen (secondary N) is 2. The maximum absolute atomic E-state index is 13.3. The molecular weight excluding hydrogens is 791 g/mol. The van der Waals surface area contributed by atoms with E-state index in [0.717, 1.165) is 99.7 Å². The van der Waals surface area contributed by atoms with Crippen LogP contribution >= 0.6 is 12.2 Å². The van der Waals surface area contributed by atoms with Crippen molar-refractivity contribution in [2.75, 3.05) is 49.5 Å². The number of nitriles is 1. The molecule has 2 N–H and O–H groups in total. The third-order valence-electron chi connectivity index (χ3n) is 10.4. The van der Waals surface area contributed by atoms with Crippen LogP contribution in [0.1, 0.15) is 94.9 Å². The van der Waals surface area contributed by atoms with Crippen LogP contribution in [0.25, 0.3) is 0 Å². The van der Waals surface area contributed by atoms with Crippen LogP contribution in [-0.2, 0) is 25.4 Å². The summed E-state index contributed by atoms with van der Waals surface area (Å²) in [7, 11) is 0. The average Bonchev–Trinajstić information content (AvgIpc) is 3.34. The minimum absolute atomic E-state index is 0.0207. The van der Waals surface area contributed by atoms with Crippen LogP contribution in [0.4, 0.5) is 37.7 Å². The summed E-state index contributed by atoms with van der Waals surface area (Å²) in [6.07, 6.45) is 3.37. The lowest BCUT2D eigenvalue weighted by atomic mass is 9.90. The van der Waals surface area contributed by atoms with E-state index in [2.05, 4.69) is 32.3 Å². The first-order valence-corrected chi connectivity index (χ1v) is 19.5. The van der Waals surface area contributed by atoms with Crippen molar-refractivity contribution in [3.63, 3.8) is 0 Å². The number of halogens is 6. The van der Waals surface area contributed by atoms with Gasteiger partial charge in [-0.1, -0.05) is 38.3 Å². The summed E-state index contributed by atoms with van der Waals surface area (Å²) >= 11 is 5.51. The summed E-state index contributed by atoms with van der Waals surface area (Å²) in [6, 6.07) is 9.63. The van der Waals surface area contributed by atoms with E-state index in [1.54, 1.807) is 13.8 Å². The second kappa shape index (κ2) is 20.3. The van der Waals surface area contributed by atoms with Gasteiger partial charge in [-0.2, -0.15) is 31.6 Å². The molecule has 1 aliphatic carbocycles. The van der Waals surface area contributed by atoms with Crippen LogP contribution in [-0.4, -0.2) is 106 Å². The monoisotopic (exact) mass is 838 g/mol. The number of thiocarbonyl (C=S) groups is 1. The number of anilines is 2. The lowest BCUT2D eigenvalue weighted by Gasteiger charge is -2.39. The average molecular weight is 839 g/mol. The van der Waals surface area contributed by atoms with Crippen molar-refractivity contribution in [3.8, 4) is 6.07 Å². The van der Waals surface area contributed by atoms with Crippen molar-refractivity contribution in [2.24, 2.45) is 0 Å². The van der Waals surface area contributed by atoms with E-state index < -0.39 is 35.6 Å². The fraction of sp³-hybridized carbons (Fsp3) is 0.564. The summed E-state index contributed by atoms with van der Waals surface area (Å²) < 4.78 is 68.8. The SMILES string of the molecule is CC1(C)C(=O)N(c2cnc(C#N)c(C(F)(F)F)c2)C(=S)N1C1CCCCC1.CCCN1CCN(CC(=O)Nc2ccc(C3CCC(=O)NC3=O)cc2)CC1.FC(F)F. The highest BCUT2D eigenvalue weighted by atomic mass is 32.1. The second-order valence-corrected chi connectivity index (χ2v) is 15.2. The fourth-order valence-corrected chi connectivity index (χ4v) is 8.14. The number of hydrogen-bond acceptors (Lipinski definition) is 9. The first kappa shape index (κ1) is 46.0. The topological polar surface area (TPSA) is 142 Å². The Hall–Kier alpha value is -4.67. The lowest BCUT2D eigenvalue weighted by molar-refractivity contribution is -0.138. The van der Waals surface area contributed by atoms with Gasteiger partial charge in [0.1, 0.15) is 11.6 Å². The summed E-state index contributed by atoms with van der Waals surface area (Å²) in [5, 5.41) is 14.4. The van der Waals surface area contributed by atoms with E-state index >= 15 is 0 Å². The molecule has 1 aromatic heterocycles. The molecule has 1 saturated carbocycles. The molecule has 1 unspecified atom stereocenters. The zero-order chi connectivity index (χ0) is 42.8. The number of rotatable bonds is 8. The molecule has 3 saturated heterocycles. The highest BCUT2D eigenvalue weighted by Gasteiger charge is 2.52. The summed E-state index contributed by atoms with van der Waals surface area (Å²) in [6.45, 7) is 7.38. The largest absolute Gasteiger partial charge is 0.419 e. The molecule has 12 nitrogen and oxygen atoms in total. The number of piperazine rings is 1. The standard InChI is InChI=1S/C20H28N4O3.C18H19F3N4OS.CHF3/c1-2-9-23-10-12-24(13-11-23)14-19(26)21-16-5-3-15(4-6-16)17-7-8-18(25)22-20(17)27;1-17(2)15(26)24(16(27)25(17)11-6-4-3-5-7-11)12-8-13(18(19,20)21)14(9-22)23-10-12;2-1(3)4/h3-6,17H,2,7-14H2,1H3,(H,21,26)(H,22,25,27);8,10-11H,3-7H2,1-2H3;1H. The lowest BCUT2D eigenvalue weighted by Crippen LogP contribution is -2.50. The van der Waals surface area contributed by atoms with Gasteiger partial charge in [-0.15, -0.1) is 0 Å². The Morgan fingerprint density at radius 2 is 1.62 bits per heavy atom. The van der Waals surface area contributed by atoms with Crippen LogP contribution in [0.2, 0.25) is 0 Å². The van der Waals surface area contributed by atoms with Crippen molar-refractivity contribution in [1.29, 1.82) is 5.26 Å². The van der Waals surface area contributed by atoms with Crippen molar-refractivity contribution in [3.05, 3.63) is 53.3 Å². The van der Waals surface area contributed by atoms with E-state index in [1.165, 1.54) is 6.07 Å². The molecule has 1 aromatic carbocycles. The number of alkyl halides is 6. The first-order chi connectivity index (χ1) is 27.4. The maximum Gasteiger partial charge on any atom is 0.419 e.